The highest BCUT2D eigenvalue weighted by molar-refractivity contribution is 9.11. The summed E-state index contributed by atoms with van der Waals surface area (Å²) in [6, 6.07) is 49.0. The molecule has 0 radical (unpaired) electrons. The first kappa shape index (κ1) is 31.3. The predicted molar refractivity (Wildman–Crippen MR) is 193 cm³/mol. The molecule has 0 fully saturated rings. The van der Waals surface area contributed by atoms with Gasteiger partial charge in [-0.25, -0.2) is 0 Å². The van der Waals surface area contributed by atoms with Gasteiger partial charge in [0.2, 0.25) is 0 Å². The van der Waals surface area contributed by atoms with E-state index in [9.17, 15) is 21.0 Å². The third kappa shape index (κ3) is 5.63. The summed E-state index contributed by atoms with van der Waals surface area (Å²) in [6.07, 6.45) is 9.16. The van der Waals surface area contributed by atoms with Gasteiger partial charge in [0.05, 0.1) is 21.2 Å². The van der Waals surface area contributed by atoms with Gasteiger partial charge < -0.3 is 0 Å². The first-order valence-electron chi connectivity index (χ1n) is 13.9. The zero-order valence-electron chi connectivity index (χ0n) is 24.0. The van der Waals surface area contributed by atoms with E-state index in [0.29, 0.717) is 21.2 Å². The maximum absolute atomic E-state index is 9.82. The molecule has 0 atom stereocenters. The van der Waals surface area contributed by atoms with Gasteiger partial charge in [0.25, 0.3) is 0 Å². The number of nitrogens with zero attached hydrogens (tertiary/aromatic N) is 4. The summed E-state index contributed by atoms with van der Waals surface area (Å²) in [5.74, 6) is 0. The van der Waals surface area contributed by atoms with Crippen molar-refractivity contribution in [2.45, 2.75) is 0 Å². The molecule has 6 rings (SSSR count). The van der Waals surface area contributed by atoms with Gasteiger partial charge in [-0.2, -0.15) is 21.0 Å². The van der Waals surface area contributed by atoms with Gasteiger partial charge in [0.1, 0.15) is 24.3 Å². The second-order valence-corrected chi connectivity index (χ2v) is 17.5. The minimum Gasteiger partial charge on any atom is -0.192 e. The highest BCUT2D eigenvalue weighted by Gasteiger charge is 2.34. The predicted octanol–water partition coefficient (Wildman–Crippen LogP) is 7.38. The zero-order valence-corrected chi connectivity index (χ0v) is 27.4. The standard InChI is InChI=1S/C19H12BrN2P.C19H13N2P/c20-15-11-18(13-21)23(19(12-15)14-22,16-7-3-1-4-8-16)17-9-5-2-6-10-17;20-14-18-12-7-13-19(15-21)22(18,16-8-3-1-4-9-16)17-10-5-2-6-11-17/h1-12H;1-13H. The molecule has 0 aliphatic carbocycles. The first-order valence-corrected chi connectivity index (χ1v) is 18.3. The third-order valence-electron chi connectivity index (χ3n) is 7.53. The lowest BCUT2D eigenvalue weighted by molar-refractivity contribution is 1.52. The Morgan fingerprint density at radius 1 is 0.444 bits per heavy atom. The molecular weight excluding hydrogens is 654 g/mol. The number of benzene rings is 4. The van der Waals surface area contributed by atoms with Crippen LogP contribution in [0.4, 0.5) is 0 Å². The summed E-state index contributed by atoms with van der Waals surface area (Å²) in [5, 5.41) is 45.8. The normalized spacial score (nSPS) is 15.7. The molecule has 0 saturated carbocycles. The molecule has 2 heterocycles. The monoisotopic (exact) mass is 678 g/mol. The van der Waals surface area contributed by atoms with Crippen molar-refractivity contribution in [1.82, 2.24) is 0 Å². The van der Waals surface area contributed by atoms with Crippen LogP contribution in [0.1, 0.15) is 0 Å². The van der Waals surface area contributed by atoms with E-state index < -0.39 is 13.8 Å². The highest BCUT2D eigenvalue weighted by Crippen LogP contribution is 2.57. The second-order valence-electron chi connectivity index (χ2n) is 9.87. The van der Waals surface area contributed by atoms with Gasteiger partial charge in [-0.05, 0) is 45.5 Å². The molecule has 4 nitrogen and oxygen atoms in total. The number of allylic oxidation sites excluding steroid dienone is 8. The van der Waals surface area contributed by atoms with Crippen molar-refractivity contribution in [2.75, 3.05) is 0 Å². The maximum Gasteiger partial charge on any atom is 0.100 e. The largest absolute Gasteiger partial charge is 0.192 e. The Kier molecular flexibility index (Phi) is 9.82. The lowest BCUT2D eigenvalue weighted by Gasteiger charge is -2.30. The van der Waals surface area contributed by atoms with E-state index in [1.165, 1.54) is 0 Å². The smallest absolute Gasteiger partial charge is 0.100 e. The van der Waals surface area contributed by atoms with E-state index in [-0.39, 0.29) is 0 Å². The summed E-state index contributed by atoms with van der Waals surface area (Å²) >= 11 is 3.43. The van der Waals surface area contributed by atoms with Gasteiger partial charge in [0.15, 0.2) is 0 Å². The van der Waals surface area contributed by atoms with Gasteiger partial charge >= 0.3 is 0 Å². The summed E-state index contributed by atoms with van der Waals surface area (Å²) in [7, 11) is 0. The van der Waals surface area contributed by atoms with Crippen LogP contribution >= 0.6 is 29.7 Å². The molecule has 0 N–H and O–H groups in total. The molecule has 0 spiro atoms. The van der Waals surface area contributed by atoms with E-state index >= 15 is 0 Å². The fourth-order valence-corrected chi connectivity index (χ4v) is 14.2. The van der Waals surface area contributed by atoms with E-state index in [0.717, 1.165) is 25.7 Å². The van der Waals surface area contributed by atoms with Crippen LogP contribution in [0.5, 0.6) is 0 Å². The van der Waals surface area contributed by atoms with Crippen molar-refractivity contribution >= 4 is 61.5 Å². The SMILES string of the molecule is N#CC1=CC(Br)=CC(C#N)=P1(c1ccccc1)c1ccccc1.N#CC1=CC=CC(C#N)=P1(c1ccccc1)c1ccccc1. The van der Waals surface area contributed by atoms with Crippen LogP contribution < -0.4 is 21.2 Å². The number of halogens is 1. The van der Waals surface area contributed by atoms with Crippen LogP contribution in [0.25, 0.3) is 0 Å². The summed E-state index contributed by atoms with van der Waals surface area (Å²) in [5.41, 5.74) is 0. The molecular formula is C38H25BrN4P2. The van der Waals surface area contributed by atoms with Crippen molar-refractivity contribution in [3.05, 3.63) is 167 Å². The molecule has 2 aliphatic heterocycles. The van der Waals surface area contributed by atoms with Crippen molar-refractivity contribution in [2.24, 2.45) is 0 Å². The molecule has 2 aliphatic rings. The van der Waals surface area contributed by atoms with Gasteiger partial charge in [0, 0.05) is 18.3 Å². The Labute approximate surface area is 272 Å². The van der Waals surface area contributed by atoms with Gasteiger partial charge in [-0.3, -0.25) is 0 Å². The minimum absolute atomic E-state index is 0.640. The molecule has 0 saturated heterocycles. The summed E-state index contributed by atoms with van der Waals surface area (Å²) in [6.45, 7) is -4.75. The van der Waals surface area contributed by atoms with Gasteiger partial charge in [-0.15, -0.1) is 0 Å². The molecule has 4 aromatic carbocycles. The van der Waals surface area contributed by atoms with E-state index in [1.54, 1.807) is 6.08 Å². The van der Waals surface area contributed by atoms with Crippen LogP contribution in [0.2, 0.25) is 0 Å². The topological polar surface area (TPSA) is 95.2 Å². The average Bonchev–Trinajstić information content (AvgIpc) is 3.12. The molecule has 0 bridgehead atoms. The van der Waals surface area contributed by atoms with Crippen LogP contribution in [-0.2, 0) is 0 Å². The second kappa shape index (κ2) is 14.1. The zero-order chi connectivity index (χ0) is 31.7. The lowest BCUT2D eigenvalue weighted by Crippen LogP contribution is -2.23. The fraction of sp³-hybridized carbons (Fsp3) is 0. The number of hydrogen-bond donors (Lipinski definition) is 0. The molecule has 0 unspecified atom stereocenters. The Balaban J connectivity index is 0.000000178. The minimum atomic E-state index is -2.40. The Morgan fingerprint density at radius 3 is 1.18 bits per heavy atom. The third-order valence-corrected chi connectivity index (χ3v) is 16.1. The highest BCUT2D eigenvalue weighted by atomic mass is 79.9. The molecule has 0 amide bonds. The number of rotatable bonds is 4. The van der Waals surface area contributed by atoms with Crippen LogP contribution in [0.15, 0.2) is 167 Å². The van der Waals surface area contributed by atoms with Crippen LogP contribution in [0, 0.1) is 45.3 Å². The lowest BCUT2D eigenvalue weighted by atomic mass is 10.3. The Hall–Kier alpha value is -5.12. The molecule has 0 aromatic heterocycles. The van der Waals surface area contributed by atoms with Crippen molar-refractivity contribution in [3.8, 4) is 24.3 Å². The number of hydrogen-bond acceptors (Lipinski definition) is 4. The first-order chi connectivity index (χ1) is 22.1. The van der Waals surface area contributed by atoms with E-state index in [1.807, 2.05) is 146 Å². The fourth-order valence-electron chi connectivity index (χ4n) is 5.67. The maximum atomic E-state index is 9.82. The van der Waals surface area contributed by atoms with Crippen molar-refractivity contribution < 1.29 is 0 Å². The van der Waals surface area contributed by atoms with Crippen molar-refractivity contribution in [1.29, 1.82) is 21.0 Å². The molecule has 4 aromatic rings. The quantitative estimate of drug-likeness (QED) is 0.211. The molecule has 214 valence electrons. The van der Waals surface area contributed by atoms with E-state index in [4.69, 9.17) is 0 Å². The summed E-state index contributed by atoms with van der Waals surface area (Å²) < 4.78 is 0.757. The van der Waals surface area contributed by atoms with Gasteiger partial charge in [-0.1, -0.05) is 143 Å². The van der Waals surface area contributed by atoms with E-state index in [2.05, 4.69) is 40.2 Å². The molecule has 45 heavy (non-hydrogen) atoms. The Morgan fingerprint density at radius 2 is 0.822 bits per heavy atom. The average molecular weight is 679 g/mol. The van der Waals surface area contributed by atoms with Crippen LogP contribution in [0.3, 0.4) is 0 Å². The number of nitriles is 4. The Bertz CT molecular complexity index is 2060. The van der Waals surface area contributed by atoms with Crippen molar-refractivity contribution in [3.63, 3.8) is 0 Å². The summed E-state index contributed by atoms with van der Waals surface area (Å²) in [4.78, 5) is 0. The van der Waals surface area contributed by atoms with Crippen LogP contribution in [-0.4, -0.2) is 10.6 Å². The molecule has 7 heteroatoms.